The SMILES string of the molecule is COC(=O)/C=C/c1cc(C(=O)NCc2ccc(C)cc2)cc(-c2ccc3c(c2)OCO3)c1. The van der Waals surface area contributed by atoms with Crippen LogP contribution in [0, 0.1) is 6.92 Å². The lowest BCUT2D eigenvalue weighted by molar-refractivity contribution is -0.134. The van der Waals surface area contributed by atoms with E-state index in [2.05, 4.69) is 10.1 Å². The van der Waals surface area contributed by atoms with Crippen LogP contribution in [0.3, 0.4) is 0 Å². The minimum absolute atomic E-state index is 0.188. The Kier molecular flexibility index (Phi) is 6.22. The van der Waals surface area contributed by atoms with Crippen LogP contribution >= 0.6 is 0 Å². The molecule has 0 bridgehead atoms. The van der Waals surface area contributed by atoms with Gasteiger partial charge in [-0.1, -0.05) is 35.9 Å². The molecule has 1 aliphatic rings. The van der Waals surface area contributed by atoms with Gasteiger partial charge in [-0.2, -0.15) is 0 Å². The molecule has 0 aliphatic carbocycles. The summed E-state index contributed by atoms with van der Waals surface area (Å²) in [6, 6.07) is 19.1. The molecule has 162 valence electrons. The largest absolute Gasteiger partial charge is 0.466 e. The number of aryl methyl sites for hydroxylation is 1. The molecule has 0 unspecified atom stereocenters. The highest BCUT2D eigenvalue weighted by atomic mass is 16.7. The number of amides is 1. The molecular formula is C26H23NO5. The first kappa shape index (κ1) is 21.2. The number of hydrogen-bond donors (Lipinski definition) is 1. The lowest BCUT2D eigenvalue weighted by Gasteiger charge is -2.10. The Hall–Kier alpha value is -4.06. The van der Waals surface area contributed by atoms with Crippen molar-refractivity contribution in [1.29, 1.82) is 0 Å². The van der Waals surface area contributed by atoms with E-state index in [9.17, 15) is 9.59 Å². The standard InChI is InChI=1S/C26H23NO5/c1-17-3-5-18(6-4-17)15-27-26(29)22-12-19(7-10-25(28)30-2)11-21(13-22)20-8-9-23-24(14-20)32-16-31-23/h3-14H,15-16H2,1-2H3,(H,27,29)/b10-7+. The molecule has 0 fully saturated rings. The molecule has 6 heteroatoms. The molecule has 0 saturated heterocycles. The van der Waals surface area contributed by atoms with Crippen LogP contribution in [-0.2, 0) is 16.1 Å². The summed E-state index contributed by atoms with van der Waals surface area (Å²) in [4.78, 5) is 24.5. The Morgan fingerprint density at radius 3 is 2.53 bits per heavy atom. The molecule has 0 spiro atoms. The Labute approximate surface area is 186 Å². The minimum atomic E-state index is -0.469. The van der Waals surface area contributed by atoms with E-state index in [1.54, 1.807) is 12.1 Å². The van der Waals surface area contributed by atoms with Crippen molar-refractivity contribution in [2.75, 3.05) is 13.9 Å². The fourth-order valence-corrected chi connectivity index (χ4v) is 3.34. The maximum atomic E-state index is 12.9. The van der Waals surface area contributed by atoms with Crippen molar-refractivity contribution in [3.8, 4) is 22.6 Å². The summed E-state index contributed by atoms with van der Waals surface area (Å²) in [7, 11) is 1.32. The number of ether oxygens (including phenoxy) is 3. The summed E-state index contributed by atoms with van der Waals surface area (Å²) in [6.07, 6.45) is 2.95. The van der Waals surface area contributed by atoms with Gasteiger partial charge >= 0.3 is 5.97 Å². The Morgan fingerprint density at radius 2 is 1.75 bits per heavy atom. The smallest absolute Gasteiger partial charge is 0.330 e. The van der Waals surface area contributed by atoms with Gasteiger partial charge in [0, 0.05) is 18.2 Å². The van der Waals surface area contributed by atoms with Gasteiger partial charge in [0.15, 0.2) is 11.5 Å². The number of carbonyl (C=O) groups excluding carboxylic acids is 2. The quantitative estimate of drug-likeness (QED) is 0.461. The van der Waals surface area contributed by atoms with Crippen LogP contribution in [0.15, 0.2) is 66.7 Å². The molecule has 1 N–H and O–H groups in total. The van der Waals surface area contributed by atoms with Gasteiger partial charge in [0.05, 0.1) is 7.11 Å². The van der Waals surface area contributed by atoms with Gasteiger partial charge in [0.25, 0.3) is 5.91 Å². The number of nitrogens with one attached hydrogen (secondary N) is 1. The number of hydrogen-bond acceptors (Lipinski definition) is 5. The van der Waals surface area contributed by atoms with Crippen molar-refractivity contribution < 1.29 is 23.8 Å². The zero-order valence-corrected chi connectivity index (χ0v) is 17.9. The van der Waals surface area contributed by atoms with Gasteiger partial charge in [0.2, 0.25) is 6.79 Å². The third kappa shape index (κ3) is 4.98. The predicted octanol–water partition coefficient (Wildman–Crippen LogP) is 4.51. The minimum Gasteiger partial charge on any atom is -0.466 e. The molecular weight excluding hydrogens is 406 g/mol. The molecule has 3 aromatic rings. The molecule has 0 radical (unpaired) electrons. The van der Waals surface area contributed by atoms with Crippen molar-refractivity contribution in [2.45, 2.75) is 13.5 Å². The van der Waals surface area contributed by atoms with E-state index < -0.39 is 5.97 Å². The summed E-state index contributed by atoms with van der Waals surface area (Å²) < 4.78 is 15.5. The van der Waals surface area contributed by atoms with Gasteiger partial charge in [-0.15, -0.1) is 0 Å². The Balaban J connectivity index is 1.63. The summed E-state index contributed by atoms with van der Waals surface area (Å²) in [5, 5.41) is 2.96. The van der Waals surface area contributed by atoms with Crippen molar-refractivity contribution in [3.05, 3.63) is 89.0 Å². The maximum absolute atomic E-state index is 12.9. The Bertz CT molecular complexity index is 1180. The molecule has 0 saturated carbocycles. The number of methoxy groups -OCH3 is 1. The van der Waals surface area contributed by atoms with Crippen molar-refractivity contribution in [3.63, 3.8) is 0 Å². The second-order valence-corrected chi connectivity index (χ2v) is 7.44. The molecule has 6 nitrogen and oxygen atoms in total. The summed E-state index contributed by atoms with van der Waals surface area (Å²) in [6.45, 7) is 2.63. The monoisotopic (exact) mass is 429 g/mol. The summed E-state index contributed by atoms with van der Waals surface area (Å²) >= 11 is 0. The van der Waals surface area contributed by atoms with Crippen LogP contribution in [0.1, 0.15) is 27.0 Å². The zero-order chi connectivity index (χ0) is 22.5. The number of carbonyl (C=O) groups is 2. The van der Waals surface area contributed by atoms with E-state index in [1.807, 2.05) is 61.5 Å². The molecule has 1 aliphatic heterocycles. The van der Waals surface area contributed by atoms with Crippen LogP contribution in [0.25, 0.3) is 17.2 Å². The van der Waals surface area contributed by atoms with Crippen molar-refractivity contribution >= 4 is 18.0 Å². The summed E-state index contributed by atoms with van der Waals surface area (Å²) in [5.74, 6) is 0.666. The van der Waals surface area contributed by atoms with Crippen LogP contribution < -0.4 is 14.8 Å². The normalized spacial score (nSPS) is 12.1. The first-order valence-corrected chi connectivity index (χ1v) is 10.2. The third-order valence-corrected chi connectivity index (χ3v) is 5.11. The van der Waals surface area contributed by atoms with Crippen LogP contribution in [0.2, 0.25) is 0 Å². The van der Waals surface area contributed by atoms with E-state index in [4.69, 9.17) is 9.47 Å². The van der Waals surface area contributed by atoms with Crippen molar-refractivity contribution in [2.24, 2.45) is 0 Å². The molecule has 1 amide bonds. The number of benzene rings is 3. The summed E-state index contributed by atoms with van der Waals surface area (Å²) in [5.41, 5.74) is 5.05. The average molecular weight is 429 g/mol. The molecule has 1 heterocycles. The van der Waals surface area contributed by atoms with E-state index >= 15 is 0 Å². The van der Waals surface area contributed by atoms with Crippen LogP contribution in [0.4, 0.5) is 0 Å². The number of esters is 1. The lowest BCUT2D eigenvalue weighted by Crippen LogP contribution is -2.22. The van der Waals surface area contributed by atoms with Crippen LogP contribution in [0.5, 0.6) is 11.5 Å². The molecule has 3 aromatic carbocycles. The molecule has 0 atom stereocenters. The van der Waals surface area contributed by atoms with Gasteiger partial charge in [-0.3, -0.25) is 4.79 Å². The average Bonchev–Trinajstić information content (AvgIpc) is 3.29. The Morgan fingerprint density at radius 1 is 0.969 bits per heavy atom. The molecule has 32 heavy (non-hydrogen) atoms. The topological polar surface area (TPSA) is 73.9 Å². The highest BCUT2D eigenvalue weighted by molar-refractivity contribution is 5.97. The van der Waals surface area contributed by atoms with Crippen LogP contribution in [-0.4, -0.2) is 25.8 Å². The fraction of sp³-hybridized carbons (Fsp3) is 0.154. The zero-order valence-electron chi connectivity index (χ0n) is 17.9. The van der Waals surface area contributed by atoms with E-state index in [0.29, 0.717) is 29.2 Å². The lowest BCUT2D eigenvalue weighted by atomic mass is 9.98. The van der Waals surface area contributed by atoms with Gasteiger partial charge in [-0.25, -0.2) is 4.79 Å². The highest BCUT2D eigenvalue weighted by Gasteiger charge is 2.15. The number of rotatable bonds is 6. The second-order valence-electron chi connectivity index (χ2n) is 7.44. The van der Waals surface area contributed by atoms with E-state index in [-0.39, 0.29) is 12.7 Å². The first-order valence-electron chi connectivity index (χ1n) is 10.2. The third-order valence-electron chi connectivity index (χ3n) is 5.11. The fourth-order valence-electron chi connectivity index (χ4n) is 3.34. The molecule has 4 rings (SSSR count). The number of fused-ring (bicyclic) bond motifs is 1. The van der Waals surface area contributed by atoms with Gasteiger partial charge in [-0.05, 0) is 65.6 Å². The second kappa shape index (κ2) is 9.39. The van der Waals surface area contributed by atoms with E-state index in [1.165, 1.54) is 18.7 Å². The molecule has 0 aromatic heterocycles. The maximum Gasteiger partial charge on any atom is 0.330 e. The first-order chi connectivity index (χ1) is 15.5. The van der Waals surface area contributed by atoms with Gasteiger partial charge < -0.3 is 19.5 Å². The van der Waals surface area contributed by atoms with Crippen molar-refractivity contribution in [1.82, 2.24) is 5.32 Å². The van der Waals surface area contributed by atoms with Gasteiger partial charge in [0.1, 0.15) is 0 Å². The highest BCUT2D eigenvalue weighted by Crippen LogP contribution is 2.36. The predicted molar refractivity (Wildman–Crippen MR) is 121 cm³/mol. The van der Waals surface area contributed by atoms with E-state index in [0.717, 1.165) is 16.7 Å².